The molecule has 1 fully saturated rings. The molecule has 3 rings (SSSR count). The Morgan fingerprint density at radius 2 is 2.00 bits per heavy atom. The van der Waals surface area contributed by atoms with Crippen molar-refractivity contribution in [2.75, 3.05) is 13.1 Å². The van der Waals surface area contributed by atoms with Crippen LogP contribution >= 0.6 is 0 Å². The first-order valence-electron chi connectivity index (χ1n) is 7.36. The molecule has 1 aliphatic heterocycles. The Hall–Kier alpha value is -1.89. The second kappa shape index (κ2) is 5.39. The average Bonchev–Trinajstić information content (AvgIpc) is 3.28. The van der Waals surface area contributed by atoms with Gasteiger partial charge in [-0.3, -0.25) is 9.59 Å². The van der Waals surface area contributed by atoms with Crippen LogP contribution in [0.4, 0.5) is 0 Å². The average molecular weight is 322 g/mol. The fourth-order valence-electron chi connectivity index (χ4n) is 2.80. The lowest BCUT2D eigenvalue weighted by molar-refractivity contribution is -0.131. The maximum atomic E-state index is 12.4. The molecule has 6 nitrogen and oxygen atoms in total. The van der Waals surface area contributed by atoms with Crippen LogP contribution in [0.3, 0.4) is 0 Å². The largest absolute Gasteiger partial charge is 0.338 e. The summed E-state index contributed by atoms with van der Waals surface area (Å²) in [5, 5.41) is 0. The van der Waals surface area contributed by atoms with Crippen molar-refractivity contribution < 1.29 is 18.0 Å². The number of carbonyl (C=O) groups excluding carboxylic acids is 2. The van der Waals surface area contributed by atoms with Gasteiger partial charge < -0.3 is 4.90 Å². The second-order valence-electron chi connectivity index (χ2n) is 5.64. The zero-order valence-corrected chi connectivity index (χ0v) is 13.2. The lowest BCUT2D eigenvalue weighted by atomic mass is 10.1. The molecule has 0 atom stereocenters. The van der Waals surface area contributed by atoms with E-state index in [2.05, 4.69) is 0 Å². The van der Waals surface area contributed by atoms with E-state index in [1.807, 2.05) is 6.92 Å². The highest BCUT2D eigenvalue weighted by Gasteiger charge is 2.39. The van der Waals surface area contributed by atoms with Crippen molar-refractivity contribution >= 4 is 21.8 Å². The molecule has 1 aromatic carbocycles. The molecule has 2 amide bonds. The monoisotopic (exact) mass is 322 g/mol. The van der Waals surface area contributed by atoms with Gasteiger partial charge in [-0.2, -0.15) is 0 Å². The number of benzene rings is 1. The molecule has 0 aromatic heterocycles. The van der Waals surface area contributed by atoms with Gasteiger partial charge in [0.05, 0.1) is 5.75 Å². The maximum Gasteiger partial charge on any atom is 0.268 e. The first-order valence-corrected chi connectivity index (χ1v) is 8.97. The first kappa shape index (κ1) is 15.0. The molecule has 7 heteroatoms. The number of fused-ring (bicyclic) bond motifs is 1. The molecule has 0 unspecified atom stereocenters. The molecule has 118 valence electrons. The number of carbonyl (C=O) groups is 2. The second-order valence-corrected chi connectivity index (χ2v) is 7.53. The van der Waals surface area contributed by atoms with Gasteiger partial charge in [-0.25, -0.2) is 12.7 Å². The van der Waals surface area contributed by atoms with Gasteiger partial charge in [0.2, 0.25) is 15.9 Å². The summed E-state index contributed by atoms with van der Waals surface area (Å²) in [6.45, 7) is 1.99. The summed E-state index contributed by atoms with van der Waals surface area (Å²) < 4.78 is 25.4. The van der Waals surface area contributed by atoms with E-state index in [0.29, 0.717) is 17.7 Å². The Labute approximate surface area is 129 Å². The summed E-state index contributed by atoms with van der Waals surface area (Å²) in [6.07, 6.45) is 1.90. The minimum Gasteiger partial charge on any atom is -0.338 e. The van der Waals surface area contributed by atoms with Crippen LogP contribution in [0.15, 0.2) is 24.3 Å². The fraction of sp³-hybridized carbons (Fsp3) is 0.467. The zero-order chi connectivity index (χ0) is 15.9. The van der Waals surface area contributed by atoms with Crippen molar-refractivity contribution in [1.29, 1.82) is 0 Å². The van der Waals surface area contributed by atoms with Crippen molar-refractivity contribution in [3.8, 4) is 0 Å². The number of likely N-dealkylation sites (N-methyl/N-ethyl adjacent to an activating group) is 1. The van der Waals surface area contributed by atoms with Crippen LogP contribution in [0.5, 0.6) is 0 Å². The topological polar surface area (TPSA) is 74.8 Å². The minimum atomic E-state index is -3.79. The predicted molar refractivity (Wildman–Crippen MR) is 80.5 cm³/mol. The molecule has 1 aliphatic carbocycles. The number of sulfonamides is 1. The first-order chi connectivity index (χ1) is 10.4. The van der Waals surface area contributed by atoms with Crippen molar-refractivity contribution in [3.05, 3.63) is 35.4 Å². The molecule has 1 heterocycles. The molecule has 0 bridgehead atoms. The van der Waals surface area contributed by atoms with E-state index in [1.54, 1.807) is 29.2 Å². The molecule has 2 aliphatic rings. The third kappa shape index (κ3) is 2.61. The Morgan fingerprint density at radius 1 is 1.32 bits per heavy atom. The van der Waals surface area contributed by atoms with Gasteiger partial charge >= 0.3 is 0 Å². The van der Waals surface area contributed by atoms with Gasteiger partial charge in [0.25, 0.3) is 5.91 Å². The van der Waals surface area contributed by atoms with Crippen molar-refractivity contribution in [2.45, 2.75) is 31.6 Å². The highest BCUT2D eigenvalue weighted by molar-refractivity contribution is 7.89. The molecule has 0 spiro atoms. The molecule has 1 aromatic rings. The maximum absolute atomic E-state index is 12.4. The summed E-state index contributed by atoms with van der Waals surface area (Å²) in [7, 11) is -3.79. The Balaban J connectivity index is 1.86. The van der Waals surface area contributed by atoms with Crippen LogP contribution in [0.25, 0.3) is 0 Å². The highest BCUT2D eigenvalue weighted by Crippen LogP contribution is 2.28. The van der Waals surface area contributed by atoms with Crippen molar-refractivity contribution in [3.63, 3.8) is 0 Å². The van der Waals surface area contributed by atoms with E-state index < -0.39 is 22.5 Å². The normalized spacial score (nSPS) is 19.7. The fourth-order valence-corrected chi connectivity index (χ4v) is 4.26. The smallest absolute Gasteiger partial charge is 0.268 e. The van der Waals surface area contributed by atoms with Crippen LogP contribution in [0.1, 0.15) is 35.7 Å². The van der Waals surface area contributed by atoms with Gasteiger partial charge in [-0.1, -0.05) is 18.2 Å². The molecule has 1 saturated carbocycles. The standard InChI is InChI=1S/C15H18N2O4S/c1-2-16(12-7-8-12)14(18)9-17-15(19)13-6-4-3-5-11(13)10-22(17,20)21/h3-6,12H,2,7-10H2,1H3. The number of hydrogen-bond donors (Lipinski definition) is 0. The van der Waals surface area contributed by atoms with E-state index in [9.17, 15) is 18.0 Å². The summed E-state index contributed by atoms with van der Waals surface area (Å²) in [6, 6.07) is 6.83. The Morgan fingerprint density at radius 3 is 2.64 bits per heavy atom. The zero-order valence-electron chi connectivity index (χ0n) is 12.4. The third-order valence-electron chi connectivity index (χ3n) is 4.08. The number of nitrogens with zero attached hydrogens (tertiary/aromatic N) is 2. The van der Waals surface area contributed by atoms with Gasteiger partial charge in [0.15, 0.2) is 0 Å². The van der Waals surface area contributed by atoms with Gasteiger partial charge in [-0.05, 0) is 31.4 Å². The van der Waals surface area contributed by atoms with Gasteiger partial charge in [0.1, 0.15) is 6.54 Å². The van der Waals surface area contributed by atoms with Crippen LogP contribution in [-0.2, 0) is 20.6 Å². The lowest BCUT2D eigenvalue weighted by Gasteiger charge is -2.30. The molecular weight excluding hydrogens is 304 g/mol. The van der Waals surface area contributed by atoms with E-state index in [-0.39, 0.29) is 17.7 Å². The molecule has 0 radical (unpaired) electrons. The lowest BCUT2D eigenvalue weighted by Crippen LogP contribution is -2.48. The van der Waals surface area contributed by atoms with Crippen LogP contribution in [-0.4, -0.2) is 48.6 Å². The predicted octanol–water partition coefficient (Wildman–Crippen LogP) is 0.983. The Kier molecular flexibility index (Phi) is 3.68. The molecule has 0 saturated heterocycles. The Bertz CT molecular complexity index is 725. The van der Waals surface area contributed by atoms with Gasteiger partial charge in [-0.15, -0.1) is 0 Å². The molecule has 0 N–H and O–H groups in total. The van der Waals surface area contributed by atoms with Gasteiger partial charge in [0, 0.05) is 18.2 Å². The van der Waals surface area contributed by atoms with Crippen LogP contribution in [0, 0.1) is 0 Å². The van der Waals surface area contributed by atoms with Crippen molar-refractivity contribution in [2.24, 2.45) is 0 Å². The van der Waals surface area contributed by atoms with E-state index >= 15 is 0 Å². The quantitative estimate of drug-likeness (QED) is 0.828. The molecule has 22 heavy (non-hydrogen) atoms. The summed E-state index contributed by atoms with van der Waals surface area (Å²) >= 11 is 0. The number of rotatable bonds is 4. The third-order valence-corrected chi connectivity index (χ3v) is 5.72. The number of amides is 2. The molecular formula is C15H18N2O4S. The van der Waals surface area contributed by atoms with E-state index in [4.69, 9.17) is 0 Å². The SMILES string of the molecule is CCN(C(=O)CN1C(=O)c2ccccc2CS1(=O)=O)C1CC1. The summed E-state index contributed by atoms with van der Waals surface area (Å²) in [4.78, 5) is 26.4. The van der Waals surface area contributed by atoms with Crippen molar-refractivity contribution in [1.82, 2.24) is 9.21 Å². The summed E-state index contributed by atoms with van der Waals surface area (Å²) in [5.41, 5.74) is 0.852. The summed E-state index contributed by atoms with van der Waals surface area (Å²) in [5.74, 6) is -1.15. The van der Waals surface area contributed by atoms with E-state index in [0.717, 1.165) is 17.1 Å². The minimum absolute atomic E-state index is 0.201. The highest BCUT2D eigenvalue weighted by atomic mass is 32.2. The van der Waals surface area contributed by atoms with Crippen LogP contribution < -0.4 is 0 Å². The van der Waals surface area contributed by atoms with Crippen LogP contribution in [0.2, 0.25) is 0 Å². The van der Waals surface area contributed by atoms with E-state index in [1.165, 1.54) is 0 Å². The number of hydrogen-bond acceptors (Lipinski definition) is 4.